The van der Waals surface area contributed by atoms with E-state index in [0.717, 1.165) is 5.56 Å². The molecule has 1 aromatic carbocycles. The van der Waals surface area contributed by atoms with Crippen molar-refractivity contribution in [3.05, 3.63) is 41.0 Å². The Morgan fingerprint density at radius 2 is 2.07 bits per heavy atom. The SMILES string of the molecule is COC(=O)CC=Cc1ccc(C)c(C)c1. The standard InChI is InChI=1S/C13H16O2/c1-10-7-8-12(9-11(10)2)5-4-6-13(14)15-3/h4-5,7-9H,6H2,1-3H3. The molecule has 0 atom stereocenters. The summed E-state index contributed by atoms with van der Waals surface area (Å²) in [4.78, 5) is 10.8. The van der Waals surface area contributed by atoms with Crippen LogP contribution in [0.15, 0.2) is 24.3 Å². The molecule has 2 nitrogen and oxygen atoms in total. The van der Waals surface area contributed by atoms with E-state index < -0.39 is 0 Å². The molecule has 1 aromatic rings. The van der Waals surface area contributed by atoms with E-state index in [1.165, 1.54) is 18.2 Å². The van der Waals surface area contributed by atoms with Crippen LogP contribution in [-0.2, 0) is 9.53 Å². The number of hydrogen-bond acceptors (Lipinski definition) is 2. The van der Waals surface area contributed by atoms with E-state index in [1.54, 1.807) is 0 Å². The lowest BCUT2D eigenvalue weighted by Gasteiger charge is -2.00. The summed E-state index contributed by atoms with van der Waals surface area (Å²) in [7, 11) is 1.40. The van der Waals surface area contributed by atoms with Crippen LogP contribution < -0.4 is 0 Å². The maximum absolute atomic E-state index is 10.8. The first-order valence-electron chi connectivity index (χ1n) is 4.94. The van der Waals surface area contributed by atoms with Crippen molar-refractivity contribution < 1.29 is 9.53 Å². The normalized spacial score (nSPS) is 10.6. The highest BCUT2D eigenvalue weighted by atomic mass is 16.5. The molecule has 0 aliphatic rings. The molecule has 2 heteroatoms. The molecule has 0 amide bonds. The number of carbonyl (C=O) groups excluding carboxylic acids is 1. The third-order valence-corrected chi connectivity index (χ3v) is 2.35. The Labute approximate surface area is 90.6 Å². The van der Waals surface area contributed by atoms with Crippen LogP contribution in [0.4, 0.5) is 0 Å². The summed E-state index contributed by atoms with van der Waals surface area (Å²) in [5.74, 6) is -0.213. The Balaban J connectivity index is 2.65. The van der Waals surface area contributed by atoms with Gasteiger partial charge in [-0.2, -0.15) is 0 Å². The fraction of sp³-hybridized carbons (Fsp3) is 0.308. The van der Waals surface area contributed by atoms with Crippen molar-refractivity contribution in [2.45, 2.75) is 20.3 Å². The van der Waals surface area contributed by atoms with Crippen LogP contribution in [0.1, 0.15) is 23.1 Å². The van der Waals surface area contributed by atoms with Crippen molar-refractivity contribution >= 4 is 12.0 Å². The van der Waals surface area contributed by atoms with Gasteiger partial charge in [0.15, 0.2) is 0 Å². The predicted molar refractivity (Wildman–Crippen MR) is 61.6 cm³/mol. The van der Waals surface area contributed by atoms with E-state index in [-0.39, 0.29) is 5.97 Å². The molecule has 0 heterocycles. The van der Waals surface area contributed by atoms with Gasteiger partial charge in [0.2, 0.25) is 0 Å². The fourth-order valence-electron chi connectivity index (χ4n) is 1.24. The van der Waals surface area contributed by atoms with Gasteiger partial charge in [0.05, 0.1) is 13.5 Å². The van der Waals surface area contributed by atoms with Gasteiger partial charge >= 0.3 is 5.97 Å². The molecule has 0 N–H and O–H groups in total. The van der Waals surface area contributed by atoms with Crippen molar-refractivity contribution in [2.24, 2.45) is 0 Å². The molecule has 1 rings (SSSR count). The molecule has 80 valence electrons. The number of carbonyl (C=O) groups is 1. The van der Waals surface area contributed by atoms with Gasteiger partial charge in [-0.05, 0) is 30.5 Å². The second-order valence-corrected chi connectivity index (χ2v) is 3.53. The Kier molecular flexibility index (Phi) is 4.10. The highest BCUT2D eigenvalue weighted by Crippen LogP contribution is 2.11. The minimum atomic E-state index is -0.213. The predicted octanol–water partition coefficient (Wildman–Crippen LogP) is 2.88. The zero-order valence-corrected chi connectivity index (χ0v) is 9.41. The first kappa shape index (κ1) is 11.5. The van der Waals surface area contributed by atoms with E-state index in [1.807, 2.05) is 18.2 Å². The average Bonchev–Trinajstić information content (AvgIpc) is 2.23. The third kappa shape index (κ3) is 3.58. The Morgan fingerprint density at radius 1 is 1.33 bits per heavy atom. The molecule has 0 aromatic heterocycles. The molecule has 0 aliphatic heterocycles. The maximum atomic E-state index is 10.8. The van der Waals surface area contributed by atoms with Crippen molar-refractivity contribution in [3.8, 4) is 0 Å². The van der Waals surface area contributed by atoms with Gasteiger partial charge < -0.3 is 4.74 Å². The van der Waals surface area contributed by atoms with Crippen LogP contribution in [-0.4, -0.2) is 13.1 Å². The molecule has 0 bridgehead atoms. The molecule has 0 saturated carbocycles. The molecule has 15 heavy (non-hydrogen) atoms. The molecule has 0 aliphatic carbocycles. The molecule has 0 saturated heterocycles. The second kappa shape index (κ2) is 5.35. The lowest BCUT2D eigenvalue weighted by molar-refractivity contribution is -0.139. The molecule has 0 unspecified atom stereocenters. The highest BCUT2D eigenvalue weighted by molar-refractivity contribution is 5.72. The first-order valence-corrected chi connectivity index (χ1v) is 4.94. The third-order valence-electron chi connectivity index (χ3n) is 2.35. The van der Waals surface area contributed by atoms with Crippen molar-refractivity contribution in [1.82, 2.24) is 0 Å². The van der Waals surface area contributed by atoms with E-state index in [9.17, 15) is 4.79 Å². The van der Waals surface area contributed by atoms with Gasteiger partial charge in [0, 0.05) is 0 Å². The fourth-order valence-corrected chi connectivity index (χ4v) is 1.24. The van der Waals surface area contributed by atoms with E-state index >= 15 is 0 Å². The summed E-state index contributed by atoms with van der Waals surface area (Å²) in [5.41, 5.74) is 3.65. The number of methoxy groups -OCH3 is 1. The Morgan fingerprint density at radius 3 is 2.67 bits per heavy atom. The number of rotatable bonds is 3. The van der Waals surface area contributed by atoms with Crippen LogP contribution in [0.25, 0.3) is 6.08 Å². The lowest BCUT2D eigenvalue weighted by Crippen LogP contribution is -1.96. The van der Waals surface area contributed by atoms with Gasteiger partial charge in [0.1, 0.15) is 0 Å². The monoisotopic (exact) mass is 204 g/mol. The quantitative estimate of drug-likeness (QED) is 0.708. The molecule has 0 radical (unpaired) electrons. The van der Waals surface area contributed by atoms with Crippen molar-refractivity contribution in [2.75, 3.05) is 7.11 Å². The van der Waals surface area contributed by atoms with E-state index in [0.29, 0.717) is 6.42 Å². The number of hydrogen-bond donors (Lipinski definition) is 0. The van der Waals surface area contributed by atoms with Crippen molar-refractivity contribution in [3.63, 3.8) is 0 Å². The summed E-state index contributed by atoms with van der Waals surface area (Å²) in [6.45, 7) is 4.16. The minimum Gasteiger partial charge on any atom is -0.469 e. The Hall–Kier alpha value is -1.57. The first-order chi connectivity index (χ1) is 7.13. The van der Waals surface area contributed by atoms with E-state index in [2.05, 4.69) is 30.7 Å². The number of benzene rings is 1. The summed E-state index contributed by atoms with van der Waals surface area (Å²) in [5, 5.41) is 0. The van der Waals surface area contributed by atoms with E-state index in [4.69, 9.17) is 0 Å². The number of aryl methyl sites for hydroxylation is 2. The van der Waals surface area contributed by atoms with Gasteiger partial charge in [-0.25, -0.2) is 0 Å². The summed E-state index contributed by atoms with van der Waals surface area (Å²) < 4.78 is 4.54. The zero-order valence-electron chi connectivity index (χ0n) is 9.41. The van der Waals surface area contributed by atoms with Gasteiger partial charge in [-0.1, -0.05) is 30.4 Å². The topological polar surface area (TPSA) is 26.3 Å². The molecular weight excluding hydrogens is 188 g/mol. The van der Waals surface area contributed by atoms with Crippen LogP contribution >= 0.6 is 0 Å². The highest BCUT2D eigenvalue weighted by Gasteiger charge is 1.95. The molecule has 0 fully saturated rings. The lowest BCUT2D eigenvalue weighted by atomic mass is 10.1. The van der Waals surface area contributed by atoms with Crippen LogP contribution in [0.3, 0.4) is 0 Å². The summed E-state index contributed by atoms with van der Waals surface area (Å²) in [6, 6.07) is 6.21. The summed E-state index contributed by atoms with van der Waals surface area (Å²) >= 11 is 0. The summed E-state index contributed by atoms with van der Waals surface area (Å²) in [6.07, 6.45) is 4.07. The van der Waals surface area contributed by atoms with Crippen LogP contribution in [0, 0.1) is 13.8 Å². The Bertz CT molecular complexity index is 378. The van der Waals surface area contributed by atoms with Gasteiger partial charge in [-0.15, -0.1) is 0 Å². The zero-order chi connectivity index (χ0) is 11.3. The molecule has 0 spiro atoms. The number of ether oxygens (including phenoxy) is 1. The van der Waals surface area contributed by atoms with Crippen LogP contribution in [0.2, 0.25) is 0 Å². The largest absolute Gasteiger partial charge is 0.469 e. The minimum absolute atomic E-state index is 0.213. The van der Waals surface area contributed by atoms with Gasteiger partial charge in [0.25, 0.3) is 0 Å². The van der Waals surface area contributed by atoms with Crippen LogP contribution in [0.5, 0.6) is 0 Å². The smallest absolute Gasteiger partial charge is 0.309 e. The number of esters is 1. The maximum Gasteiger partial charge on any atom is 0.309 e. The van der Waals surface area contributed by atoms with Gasteiger partial charge in [-0.3, -0.25) is 4.79 Å². The second-order valence-electron chi connectivity index (χ2n) is 3.53. The average molecular weight is 204 g/mol. The van der Waals surface area contributed by atoms with Crippen molar-refractivity contribution in [1.29, 1.82) is 0 Å². The molecular formula is C13H16O2.